The van der Waals surface area contributed by atoms with Crippen LogP contribution in [0, 0.1) is 23.7 Å². The van der Waals surface area contributed by atoms with Crippen molar-refractivity contribution >= 4 is 5.91 Å². The highest BCUT2D eigenvalue weighted by Gasteiger charge is 2.55. The number of carbonyl (C=O) groups excluding carboxylic acids is 1. The zero-order chi connectivity index (χ0) is 13.5. The molecule has 112 valence electrons. The third kappa shape index (κ3) is 2.28. The number of carbonyl (C=O) groups is 1. The molecule has 1 amide bonds. The van der Waals surface area contributed by atoms with Crippen molar-refractivity contribution in [3.63, 3.8) is 0 Å². The van der Waals surface area contributed by atoms with Gasteiger partial charge in [0.25, 0.3) is 0 Å². The first-order valence-electron chi connectivity index (χ1n) is 8.87. The summed E-state index contributed by atoms with van der Waals surface area (Å²) in [6.07, 6.45) is 10.5. The van der Waals surface area contributed by atoms with Crippen LogP contribution in [0.4, 0.5) is 0 Å². The topological polar surface area (TPSA) is 32.3 Å². The Labute approximate surface area is 122 Å². The van der Waals surface area contributed by atoms with Crippen LogP contribution in [0.1, 0.15) is 51.4 Å². The van der Waals surface area contributed by atoms with E-state index in [1.165, 1.54) is 57.9 Å². The Morgan fingerprint density at radius 2 is 1.60 bits per heavy atom. The van der Waals surface area contributed by atoms with Crippen LogP contribution in [0.25, 0.3) is 0 Å². The molecule has 4 fully saturated rings. The zero-order valence-electron chi connectivity index (χ0n) is 12.5. The summed E-state index contributed by atoms with van der Waals surface area (Å²) in [5, 5.41) is 3.64. The van der Waals surface area contributed by atoms with Gasteiger partial charge < -0.3 is 10.2 Å². The predicted octanol–water partition coefficient (Wildman–Crippen LogP) is 2.41. The molecule has 20 heavy (non-hydrogen) atoms. The van der Waals surface area contributed by atoms with Gasteiger partial charge in [-0.3, -0.25) is 4.79 Å². The standard InChI is InChI=1S/C17H28N2O/c20-17(16-13-4-1-2-5-14(13)16)19-10-7-12(8-11-19)15-6-3-9-18-15/h12-16,18H,1-11H2. The lowest BCUT2D eigenvalue weighted by Crippen LogP contribution is -2.44. The molecule has 3 nitrogen and oxygen atoms in total. The molecule has 3 heteroatoms. The predicted molar refractivity (Wildman–Crippen MR) is 79.3 cm³/mol. The van der Waals surface area contributed by atoms with Gasteiger partial charge in [0.1, 0.15) is 0 Å². The molecule has 0 aromatic heterocycles. The zero-order valence-corrected chi connectivity index (χ0v) is 12.5. The number of piperidine rings is 1. The van der Waals surface area contributed by atoms with Gasteiger partial charge in [-0.1, -0.05) is 12.8 Å². The van der Waals surface area contributed by atoms with E-state index < -0.39 is 0 Å². The molecule has 0 bridgehead atoms. The van der Waals surface area contributed by atoms with E-state index in [9.17, 15) is 4.79 Å². The Bertz CT molecular complexity index is 357. The van der Waals surface area contributed by atoms with Gasteiger partial charge in [0, 0.05) is 25.0 Å². The summed E-state index contributed by atoms with van der Waals surface area (Å²) in [5.41, 5.74) is 0. The Hall–Kier alpha value is -0.570. The second-order valence-electron chi connectivity index (χ2n) is 7.50. The molecule has 2 heterocycles. The highest BCUT2D eigenvalue weighted by Crippen LogP contribution is 2.56. The van der Waals surface area contributed by atoms with Gasteiger partial charge in [-0.25, -0.2) is 0 Å². The van der Waals surface area contributed by atoms with Crippen LogP contribution in [0.2, 0.25) is 0 Å². The normalized spacial score (nSPS) is 41.5. The number of fused-ring (bicyclic) bond motifs is 1. The number of hydrogen-bond donors (Lipinski definition) is 1. The Kier molecular flexibility index (Phi) is 3.49. The van der Waals surface area contributed by atoms with E-state index in [0.717, 1.165) is 36.9 Å². The fourth-order valence-electron chi connectivity index (χ4n) is 5.21. The highest BCUT2D eigenvalue weighted by molar-refractivity contribution is 5.82. The van der Waals surface area contributed by atoms with Crippen molar-refractivity contribution in [1.82, 2.24) is 10.2 Å². The van der Waals surface area contributed by atoms with E-state index in [-0.39, 0.29) is 0 Å². The SMILES string of the molecule is O=C(C1C2CCCCC21)N1CCC(C2CCCN2)CC1. The largest absolute Gasteiger partial charge is 0.342 e. The van der Waals surface area contributed by atoms with Gasteiger partial charge in [0.15, 0.2) is 0 Å². The fourth-order valence-corrected chi connectivity index (χ4v) is 5.21. The Morgan fingerprint density at radius 3 is 2.20 bits per heavy atom. The molecular formula is C17H28N2O. The van der Waals surface area contributed by atoms with Crippen LogP contribution in [0.3, 0.4) is 0 Å². The van der Waals surface area contributed by atoms with E-state index in [1.807, 2.05) is 0 Å². The second kappa shape index (κ2) is 5.32. The van der Waals surface area contributed by atoms with Gasteiger partial charge in [0.05, 0.1) is 0 Å². The smallest absolute Gasteiger partial charge is 0.226 e. The lowest BCUT2D eigenvalue weighted by molar-refractivity contribution is -0.134. The van der Waals surface area contributed by atoms with E-state index in [0.29, 0.717) is 11.8 Å². The minimum atomic E-state index is 0.429. The molecule has 0 spiro atoms. The maximum absolute atomic E-state index is 12.7. The number of nitrogens with zero attached hydrogens (tertiary/aromatic N) is 1. The first kappa shape index (κ1) is 13.1. The molecule has 0 radical (unpaired) electrons. The number of amides is 1. The van der Waals surface area contributed by atoms with Crippen molar-refractivity contribution in [2.75, 3.05) is 19.6 Å². The van der Waals surface area contributed by atoms with Crippen molar-refractivity contribution in [2.24, 2.45) is 23.7 Å². The third-order valence-corrected chi connectivity index (χ3v) is 6.46. The third-order valence-electron chi connectivity index (χ3n) is 6.46. The minimum Gasteiger partial charge on any atom is -0.342 e. The monoisotopic (exact) mass is 276 g/mol. The van der Waals surface area contributed by atoms with Crippen molar-refractivity contribution < 1.29 is 4.79 Å². The molecule has 4 aliphatic rings. The van der Waals surface area contributed by atoms with Gasteiger partial charge in [-0.15, -0.1) is 0 Å². The fraction of sp³-hybridized carbons (Fsp3) is 0.941. The van der Waals surface area contributed by atoms with Crippen LogP contribution in [-0.2, 0) is 4.79 Å². The molecule has 2 aliphatic heterocycles. The van der Waals surface area contributed by atoms with E-state index in [2.05, 4.69) is 10.2 Å². The molecule has 4 rings (SSSR count). The molecule has 2 saturated heterocycles. The number of nitrogens with one attached hydrogen (secondary N) is 1. The lowest BCUT2D eigenvalue weighted by atomic mass is 9.88. The average molecular weight is 276 g/mol. The number of hydrogen-bond acceptors (Lipinski definition) is 2. The molecule has 3 atom stereocenters. The van der Waals surface area contributed by atoms with Crippen LogP contribution in [0.15, 0.2) is 0 Å². The maximum atomic E-state index is 12.7. The van der Waals surface area contributed by atoms with Crippen LogP contribution in [0.5, 0.6) is 0 Å². The molecule has 3 unspecified atom stereocenters. The van der Waals surface area contributed by atoms with Crippen LogP contribution < -0.4 is 5.32 Å². The van der Waals surface area contributed by atoms with Crippen molar-refractivity contribution in [3.8, 4) is 0 Å². The summed E-state index contributed by atoms with van der Waals surface area (Å²) >= 11 is 0. The van der Waals surface area contributed by atoms with Gasteiger partial charge in [0.2, 0.25) is 5.91 Å². The molecule has 2 aliphatic carbocycles. The quantitative estimate of drug-likeness (QED) is 0.840. The van der Waals surface area contributed by atoms with Gasteiger partial charge in [-0.05, 0) is 62.8 Å². The summed E-state index contributed by atoms with van der Waals surface area (Å²) in [7, 11) is 0. The average Bonchev–Trinajstić information content (AvgIpc) is 2.96. The number of rotatable bonds is 2. The Balaban J connectivity index is 1.29. The van der Waals surface area contributed by atoms with Crippen molar-refractivity contribution in [2.45, 2.75) is 57.4 Å². The molecule has 2 saturated carbocycles. The highest BCUT2D eigenvalue weighted by atomic mass is 16.2. The Morgan fingerprint density at radius 1 is 0.900 bits per heavy atom. The second-order valence-corrected chi connectivity index (χ2v) is 7.50. The minimum absolute atomic E-state index is 0.429. The van der Waals surface area contributed by atoms with Crippen molar-refractivity contribution in [1.29, 1.82) is 0 Å². The summed E-state index contributed by atoms with van der Waals surface area (Å²) in [6, 6.07) is 0.746. The molecule has 0 aromatic carbocycles. The summed E-state index contributed by atoms with van der Waals surface area (Å²) in [5.74, 6) is 3.30. The van der Waals surface area contributed by atoms with Crippen molar-refractivity contribution in [3.05, 3.63) is 0 Å². The first-order chi connectivity index (χ1) is 9.84. The van der Waals surface area contributed by atoms with E-state index >= 15 is 0 Å². The molecule has 0 aromatic rings. The summed E-state index contributed by atoms with van der Waals surface area (Å²) in [6.45, 7) is 3.25. The van der Waals surface area contributed by atoms with Crippen LogP contribution in [-0.4, -0.2) is 36.5 Å². The maximum Gasteiger partial charge on any atom is 0.226 e. The van der Waals surface area contributed by atoms with E-state index in [1.54, 1.807) is 0 Å². The summed E-state index contributed by atoms with van der Waals surface area (Å²) in [4.78, 5) is 14.9. The van der Waals surface area contributed by atoms with E-state index in [4.69, 9.17) is 0 Å². The summed E-state index contributed by atoms with van der Waals surface area (Å²) < 4.78 is 0. The lowest BCUT2D eigenvalue weighted by Gasteiger charge is -2.35. The molecule has 1 N–H and O–H groups in total. The molecular weight excluding hydrogens is 248 g/mol. The van der Waals surface area contributed by atoms with Crippen LogP contribution >= 0.6 is 0 Å². The first-order valence-corrected chi connectivity index (χ1v) is 8.87. The van der Waals surface area contributed by atoms with Gasteiger partial charge in [-0.2, -0.15) is 0 Å². The number of likely N-dealkylation sites (tertiary alicyclic amines) is 1. The van der Waals surface area contributed by atoms with Gasteiger partial charge >= 0.3 is 0 Å².